The number of hydrogen-bond acceptors (Lipinski definition) is 3. The Bertz CT molecular complexity index is 659. The average Bonchev–Trinajstić information content (AvgIpc) is 3.32. The molecule has 1 aliphatic carbocycles. The molecule has 0 spiro atoms. The van der Waals surface area contributed by atoms with Crippen LogP contribution in [0.15, 0.2) is 24.3 Å². The van der Waals surface area contributed by atoms with Crippen LogP contribution in [0.1, 0.15) is 57.6 Å². The summed E-state index contributed by atoms with van der Waals surface area (Å²) in [7, 11) is 0. The average molecular weight is 371 g/mol. The van der Waals surface area contributed by atoms with Crippen molar-refractivity contribution < 1.29 is 9.53 Å². The Morgan fingerprint density at radius 2 is 1.78 bits per heavy atom. The van der Waals surface area contributed by atoms with Crippen molar-refractivity contribution in [2.24, 2.45) is 0 Å². The molecule has 4 heteroatoms. The standard InChI is InChI=1S/C23H34N2O2/c1-22(2,3)18-6-8-19(9-7-18)23(10-11-23)21(26)25-14-12-24(13-15-25)17-20-5-4-16-27-20/h6-9,20H,4-5,10-17H2,1-3H3. The van der Waals surface area contributed by atoms with Crippen molar-refractivity contribution in [1.29, 1.82) is 0 Å². The quantitative estimate of drug-likeness (QED) is 0.815. The van der Waals surface area contributed by atoms with Crippen molar-refractivity contribution in [2.75, 3.05) is 39.3 Å². The van der Waals surface area contributed by atoms with E-state index in [1.54, 1.807) is 0 Å². The Hall–Kier alpha value is -1.39. The molecule has 1 atom stereocenters. The molecule has 1 aromatic carbocycles. The lowest BCUT2D eigenvalue weighted by Crippen LogP contribution is -2.52. The number of carbonyl (C=O) groups excluding carboxylic acids is 1. The summed E-state index contributed by atoms with van der Waals surface area (Å²) in [6.07, 6.45) is 4.78. The zero-order chi connectivity index (χ0) is 19.1. The molecule has 148 valence electrons. The fourth-order valence-electron chi connectivity index (χ4n) is 4.55. The molecule has 3 fully saturated rings. The van der Waals surface area contributed by atoms with E-state index in [4.69, 9.17) is 4.74 Å². The number of benzene rings is 1. The molecule has 27 heavy (non-hydrogen) atoms. The molecule has 1 aromatic rings. The third kappa shape index (κ3) is 3.93. The van der Waals surface area contributed by atoms with Gasteiger partial charge in [0.05, 0.1) is 11.5 Å². The second kappa shape index (κ2) is 7.21. The first-order valence-electron chi connectivity index (χ1n) is 10.6. The molecule has 1 unspecified atom stereocenters. The largest absolute Gasteiger partial charge is 0.377 e. The van der Waals surface area contributed by atoms with E-state index in [1.165, 1.54) is 24.0 Å². The molecule has 0 bridgehead atoms. The minimum atomic E-state index is -0.243. The van der Waals surface area contributed by atoms with Crippen molar-refractivity contribution in [3.8, 4) is 0 Å². The van der Waals surface area contributed by atoms with Crippen LogP contribution in [0.25, 0.3) is 0 Å². The van der Waals surface area contributed by atoms with E-state index in [1.807, 2.05) is 0 Å². The lowest BCUT2D eigenvalue weighted by molar-refractivity contribution is -0.135. The zero-order valence-electron chi connectivity index (χ0n) is 17.2. The fraction of sp³-hybridized carbons (Fsp3) is 0.696. The highest BCUT2D eigenvalue weighted by atomic mass is 16.5. The molecule has 4 rings (SSSR count). The summed E-state index contributed by atoms with van der Waals surface area (Å²) in [5, 5.41) is 0. The summed E-state index contributed by atoms with van der Waals surface area (Å²) in [6.45, 7) is 12.3. The highest BCUT2D eigenvalue weighted by Gasteiger charge is 2.53. The lowest BCUT2D eigenvalue weighted by Gasteiger charge is -2.37. The minimum Gasteiger partial charge on any atom is -0.377 e. The SMILES string of the molecule is CC(C)(C)c1ccc(C2(C(=O)N3CCN(CC4CCCO4)CC3)CC2)cc1. The van der Waals surface area contributed by atoms with Gasteiger partial charge in [-0.25, -0.2) is 0 Å². The Kier molecular flexibility index (Phi) is 5.06. The highest BCUT2D eigenvalue weighted by molar-refractivity contribution is 5.91. The van der Waals surface area contributed by atoms with Gasteiger partial charge in [0, 0.05) is 39.3 Å². The summed E-state index contributed by atoms with van der Waals surface area (Å²) < 4.78 is 5.76. The van der Waals surface area contributed by atoms with Gasteiger partial charge in [0.25, 0.3) is 0 Å². The second-order valence-electron chi connectivity index (χ2n) is 9.64. The molecule has 2 saturated heterocycles. The van der Waals surface area contributed by atoms with E-state index in [2.05, 4.69) is 54.8 Å². The van der Waals surface area contributed by atoms with Crippen LogP contribution >= 0.6 is 0 Å². The molecule has 3 aliphatic rings. The van der Waals surface area contributed by atoms with Gasteiger partial charge >= 0.3 is 0 Å². The molecule has 4 nitrogen and oxygen atoms in total. The van der Waals surface area contributed by atoms with Gasteiger partial charge in [-0.05, 0) is 42.2 Å². The predicted molar refractivity (Wildman–Crippen MR) is 108 cm³/mol. The van der Waals surface area contributed by atoms with Crippen LogP contribution in [0.2, 0.25) is 0 Å². The van der Waals surface area contributed by atoms with E-state index in [0.717, 1.165) is 52.2 Å². The first-order valence-corrected chi connectivity index (χ1v) is 10.6. The molecule has 0 radical (unpaired) electrons. The summed E-state index contributed by atoms with van der Waals surface area (Å²) in [5.41, 5.74) is 2.45. The molecule has 1 amide bonds. The molecule has 2 aliphatic heterocycles. The monoisotopic (exact) mass is 370 g/mol. The maximum Gasteiger partial charge on any atom is 0.233 e. The molecule has 2 heterocycles. The minimum absolute atomic E-state index is 0.151. The number of piperazine rings is 1. The van der Waals surface area contributed by atoms with E-state index < -0.39 is 0 Å². The van der Waals surface area contributed by atoms with Crippen LogP contribution in [0.4, 0.5) is 0 Å². The Balaban J connectivity index is 1.36. The fourth-order valence-corrected chi connectivity index (χ4v) is 4.55. The van der Waals surface area contributed by atoms with E-state index in [9.17, 15) is 4.79 Å². The van der Waals surface area contributed by atoms with E-state index >= 15 is 0 Å². The topological polar surface area (TPSA) is 32.8 Å². The second-order valence-corrected chi connectivity index (χ2v) is 9.64. The van der Waals surface area contributed by atoms with Crippen molar-refractivity contribution >= 4 is 5.91 Å². The molecule has 0 N–H and O–H groups in total. The Morgan fingerprint density at radius 3 is 2.30 bits per heavy atom. The highest BCUT2D eigenvalue weighted by Crippen LogP contribution is 2.50. The van der Waals surface area contributed by atoms with Crippen molar-refractivity contribution in [2.45, 2.75) is 63.4 Å². The Morgan fingerprint density at radius 1 is 1.11 bits per heavy atom. The molecule has 0 aromatic heterocycles. The van der Waals surface area contributed by atoms with Gasteiger partial charge in [-0.15, -0.1) is 0 Å². The maximum absolute atomic E-state index is 13.3. The van der Waals surface area contributed by atoms with E-state index in [-0.39, 0.29) is 10.8 Å². The third-order valence-corrected chi connectivity index (χ3v) is 6.61. The van der Waals surface area contributed by atoms with Crippen molar-refractivity contribution in [3.05, 3.63) is 35.4 Å². The van der Waals surface area contributed by atoms with Gasteiger partial charge in [0.15, 0.2) is 0 Å². The first kappa shape index (κ1) is 18.9. The lowest BCUT2D eigenvalue weighted by atomic mass is 9.84. The number of hydrogen-bond donors (Lipinski definition) is 0. The maximum atomic E-state index is 13.3. The van der Waals surface area contributed by atoms with Crippen LogP contribution in [0, 0.1) is 0 Å². The number of amides is 1. The predicted octanol–water partition coefficient (Wildman–Crippen LogP) is 3.34. The summed E-state index contributed by atoms with van der Waals surface area (Å²) in [4.78, 5) is 17.9. The number of nitrogens with zero attached hydrogens (tertiary/aromatic N) is 2. The van der Waals surface area contributed by atoms with E-state index in [0.29, 0.717) is 12.0 Å². The number of carbonyl (C=O) groups is 1. The van der Waals surface area contributed by atoms with Crippen molar-refractivity contribution in [3.63, 3.8) is 0 Å². The van der Waals surface area contributed by atoms with Gasteiger partial charge in [-0.3, -0.25) is 9.69 Å². The Labute approximate surface area is 163 Å². The van der Waals surface area contributed by atoms with Gasteiger partial charge in [-0.1, -0.05) is 45.0 Å². The van der Waals surface area contributed by atoms with Gasteiger partial charge < -0.3 is 9.64 Å². The van der Waals surface area contributed by atoms with Gasteiger partial charge in [-0.2, -0.15) is 0 Å². The zero-order valence-corrected chi connectivity index (χ0v) is 17.2. The summed E-state index contributed by atoms with van der Waals surface area (Å²) in [6, 6.07) is 8.81. The molecule has 1 saturated carbocycles. The van der Waals surface area contributed by atoms with Crippen LogP contribution in [-0.4, -0.2) is 61.1 Å². The van der Waals surface area contributed by atoms with Gasteiger partial charge in [0.2, 0.25) is 5.91 Å². The summed E-state index contributed by atoms with van der Waals surface area (Å²) in [5.74, 6) is 0.350. The summed E-state index contributed by atoms with van der Waals surface area (Å²) >= 11 is 0. The van der Waals surface area contributed by atoms with Crippen molar-refractivity contribution in [1.82, 2.24) is 9.80 Å². The van der Waals surface area contributed by atoms with Crippen LogP contribution in [0.5, 0.6) is 0 Å². The molecular weight excluding hydrogens is 336 g/mol. The third-order valence-electron chi connectivity index (χ3n) is 6.61. The van der Waals surface area contributed by atoms with Gasteiger partial charge in [0.1, 0.15) is 0 Å². The molecular formula is C23H34N2O2. The normalized spacial score (nSPS) is 25.6. The van der Waals surface area contributed by atoms with Crippen LogP contribution < -0.4 is 0 Å². The van der Waals surface area contributed by atoms with Crippen LogP contribution in [-0.2, 0) is 20.4 Å². The number of ether oxygens (including phenoxy) is 1. The smallest absolute Gasteiger partial charge is 0.233 e. The number of rotatable bonds is 4. The van der Waals surface area contributed by atoms with Crippen LogP contribution in [0.3, 0.4) is 0 Å². The first-order chi connectivity index (χ1) is 12.9.